The number of carbonyl (C=O) groups excluding carboxylic acids is 1. The summed E-state index contributed by atoms with van der Waals surface area (Å²) >= 11 is 5.91. The molecule has 0 aliphatic rings. The van der Waals surface area contributed by atoms with Gasteiger partial charge in [0.15, 0.2) is 5.78 Å². The van der Waals surface area contributed by atoms with Crippen LogP contribution in [0.15, 0.2) is 24.3 Å². The lowest BCUT2D eigenvalue weighted by molar-refractivity contribution is -0.116. The zero-order valence-corrected chi connectivity index (χ0v) is 9.75. The predicted octanol–water partition coefficient (Wildman–Crippen LogP) is 3.34. The maximum absolute atomic E-state index is 11.0. The van der Waals surface area contributed by atoms with Crippen molar-refractivity contribution in [2.24, 2.45) is 0 Å². The Labute approximate surface area is 95.2 Å². The SMILES string of the molecule is CCCOc1ccc(C(Cl)C(C)=O)cc1. The van der Waals surface area contributed by atoms with Crippen LogP contribution in [0, 0.1) is 0 Å². The fraction of sp³-hybridized carbons (Fsp3) is 0.417. The number of ketones is 1. The minimum atomic E-state index is -0.551. The molecule has 1 rings (SSSR count). The molecule has 82 valence electrons. The van der Waals surface area contributed by atoms with Gasteiger partial charge in [0.25, 0.3) is 0 Å². The van der Waals surface area contributed by atoms with Gasteiger partial charge in [-0.2, -0.15) is 0 Å². The summed E-state index contributed by atoms with van der Waals surface area (Å²) in [4.78, 5) is 11.0. The Morgan fingerprint density at radius 3 is 2.47 bits per heavy atom. The molecule has 0 saturated heterocycles. The third kappa shape index (κ3) is 3.56. The number of benzene rings is 1. The van der Waals surface area contributed by atoms with Crippen molar-refractivity contribution < 1.29 is 9.53 Å². The summed E-state index contributed by atoms with van der Waals surface area (Å²) in [5.74, 6) is 0.770. The van der Waals surface area contributed by atoms with Crippen LogP contribution in [0.4, 0.5) is 0 Å². The third-order valence-corrected chi connectivity index (χ3v) is 2.56. The summed E-state index contributed by atoms with van der Waals surface area (Å²) < 4.78 is 5.42. The van der Waals surface area contributed by atoms with Gasteiger partial charge in [-0.15, -0.1) is 11.6 Å². The Morgan fingerprint density at radius 1 is 1.40 bits per heavy atom. The molecule has 3 heteroatoms. The predicted molar refractivity (Wildman–Crippen MR) is 61.5 cm³/mol. The molecule has 0 fully saturated rings. The van der Waals surface area contributed by atoms with Gasteiger partial charge in [0.1, 0.15) is 11.1 Å². The second-order valence-electron chi connectivity index (χ2n) is 3.39. The summed E-state index contributed by atoms with van der Waals surface area (Å²) in [6, 6.07) is 7.32. The number of alkyl halides is 1. The van der Waals surface area contributed by atoms with Crippen molar-refractivity contribution in [3.8, 4) is 5.75 Å². The number of hydrogen-bond donors (Lipinski definition) is 0. The Hall–Kier alpha value is -1.02. The van der Waals surface area contributed by atoms with E-state index in [0.717, 1.165) is 17.7 Å². The molecule has 0 saturated carbocycles. The normalized spacial score (nSPS) is 12.2. The van der Waals surface area contributed by atoms with Gasteiger partial charge in [-0.05, 0) is 31.0 Å². The quantitative estimate of drug-likeness (QED) is 0.720. The van der Waals surface area contributed by atoms with Crippen LogP contribution in [0.5, 0.6) is 5.75 Å². The highest BCUT2D eigenvalue weighted by Crippen LogP contribution is 2.23. The van der Waals surface area contributed by atoms with Gasteiger partial charge in [0.2, 0.25) is 0 Å². The molecule has 0 spiro atoms. The van der Waals surface area contributed by atoms with E-state index >= 15 is 0 Å². The molecule has 0 bridgehead atoms. The number of halogens is 1. The smallest absolute Gasteiger partial charge is 0.152 e. The number of rotatable bonds is 5. The molecule has 0 N–H and O–H groups in total. The molecule has 0 amide bonds. The Balaban J connectivity index is 2.67. The standard InChI is InChI=1S/C12H15ClO2/c1-3-8-15-11-6-4-10(5-7-11)12(13)9(2)14/h4-7,12H,3,8H2,1-2H3. The molecule has 0 radical (unpaired) electrons. The highest BCUT2D eigenvalue weighted by atomic mass is 35.5. The van der Waals surface area contributed by atoms with Crippen LogP contribution in [0.3, 0.4) is 0 Å². The molecule has 0 aliphatic heterocycles. The van der Waals surface area contributed by atoms with E-state index in [-0.39, 0.29) is 5.78 Å². The summed E-state index contributed by atoms with van der Waals surface area (Å²) in [6.07, 6.45) is 0.979. The van der Waals surface area contributed by atoms with Crippen molar-refractivity contribution in [2.45, 2.75) is 25.6 Å². The number of ether oxygens (including phenoxy) is 1. The Bertz CT molecular complexity index is 319. The molecule has 1 unspecified atom stereocenters. The van der Waals surface area contributed by atoms with Crippen LogP contribution in [-0.4, -0.2) is 12.4 Å². The van der Waals surface area contributed by atoms with E-state index in [2.05, 4.69) is 6.92 Å². The van der Waals surface area contributed by atoms with Gasteiger partial charge < -0.3 is 4.74 Å². The van der Waals surface area contributed by atoms with Crippen molar-refractivity contribution in [2.75, 3.05) is 6.61 Å². The first-order chi connectivity index (χ1) is 7.15. The van der Waals surface area contributed by atoms with Crippen molar-refractivity contribution in [3.05, 3.63) is 29.8 Å². The van der Waals surface area contributed by atoms with Gasteiger partial charge in [-0.1, -0.05) is 19.1 Å². The Kier molecular flexibility index (Phi) is 4.63. The van der Waals surface area contributed by atoms with Crippen LogP contribution < -0.4 is 4.74 Å². The minimum absolute atomic E-state index is 0.0427. The molecule has 0 heterocycles. The topological polar surface area (TPSA) is 26.3 Å². The zero-order chi connectivity index (χ0) is 11.3. The van der Waals surface area contributed by atoms with Gasteiger partial charge in [-0.25, -0.2) is 0 Å². The first-order valence-electron chi connectivity index (χ1n) is 5.02. The zero-order valence-electron chi connectivity index (χ0n) is 9.00. The summed E-state index contributed by atoms with van der Waals surface area (Å²) in [6.45, 7) is 4.24. The third-order valence-electron chi connectivity index (χ3n) is 2.00. The molecular formula is C12H15ClO2. The van der Waals surface area contributed by atoms with E-state index in [4.69, 9.17) is 16.3 Å². The monoisotopic (exact) mass is 226 g/mol. The lowest BCUT2D eigenvalue weighted by atomic mass is 10.1. The second-order valence-corrected chi connectivity index (χ2v) is 3.83. The molecular weight excluding hydrogens is 212 g/mol. The van der Waals surface area contributed by atoms with Gasteiger partial charge in [0.05, 0.1) is 6.61 Å². The van der Waals surface area contributed by atoms with Crippen molar-refractivity contribution >= 4 is 17.4 Å². The average molecular weight is 227 g/mol. The van der Waals surface area contributed by atoms with E-state index in [0.29, 0.717) is 6.61 Å². The molecule has 0 aromatic heterocycles. The Morgan fingerprint density at radius 2 is 2.00 bits per heavy atom. The van der Waals surface area contributed by atoms with Crippen LogP contribution >= 0.6 is 11.6 Å². The summed E-state index contributed by atoms with van der Waals surface area (Å²) in [5.41, 5.74) is 0.813. The minimum Gasteiger partial charge on any atom is -0.494 e. The van der Waals surface area contributed by atoms with Crippen LogP contribution in [0.1, 0.15) is 31.2 Å². The molecule has 0 aliphatic carbocycles. The van der Waals surface area contributed by atoms with E-state index in [1.807, 2.05) is 24.3 Å². The van der Waals surface area contributed by atoms with Gasteiger partial charge in [0, 0.05) is 0 Å². The van der Waals surface area contributed by atoms with Crippen molar-refractivity contribution in [1.82, 2.24) is 0 Å². The number of hydrogen-bond acceptors (Lipinski definition) is 2. The molecule has 1 aromatic rings. The highest BCUT2D eigenvalue weighted by Gasteiger charge is 2.12. The summed E-state index contributed by atoms with van der Waals surface area (Å²) in [7, 11) is 0. The highest BCUT2D eigenvalue weighted by molar-refractivity contribution is 6.30. The maximum atomic E-state index is 11.0. The van der Waals surface area contributed by atoms with E-state index in [1.165, 1.54) is 6.92 Å². The maximum Gasteiger partial charge on any atom is 0.152 e. The van der Waals surface area contributed by atoms with Gasteiger partial charge >= 0.3 is 0 Å². The number of Topliss-reactive ketones (excluding diaryl/α,β-unsaturated/α-hetero) is 1. The largest absolute Gasteiger partial charge is 0.494 e. The van der Waals surface area contributed by atoms with E-state index in [9.17, 15) is 4.79 Å². The van der Waals surface area contributed by atoms with Crippen LogP contribution in [-0.2, 0) is 4.79 Å². The first kappa shape index (κ1) is 12.1. The lowest BCUT2D eigenvalue weighted by Gasteiger charge is -2.08. The lowest BCUT2D eigenvalue weighted by Crippen LogP contribution is -2.01. The molecule has 1 aromatic carbocycles. The molecule has 2 nitrogen and oxygen atoms in total. The first-order valence-corrected chi connectivity index (χ1v) is 5.46. The fourth-order valence-electron chi connectivity index (χ4n) is 1.19. The number of carbonyl (C=O) groups is 1. The van der Waals surface area contributed by atoms with Crippen molar-refractivity contribution in [3.63, 3.8) is 0 Å². The molecule has 15 heavy (non-hydrogen) atoms. The van der Waals surface area contributed by atoms with Crippen LogP contribution in [0.2, 0.25) is 0 Å². The summed E-state index contributed by atoms with van der Waals surface area (Å²) in [5, 5.41) is -0.551. The fourth-order valence-corrected chi connectivity index (χ4v) is 1.33. The van der Waals surface area contributed by atoms with Crippen LogP contribution in [0.25, 0.3) is 0 Å². The molecule has 1 atom stereocenters. The van der Waals surface area contributed by atoms with Gasteiger partial charge in [-0.3, -0.25) is 4.79 Å². The van der Waals surface area contributed by atoms with E-state index < -0.39 is 5.38 Å². The second kappa shape index (κ2) is 5.76. The van der Waals surface area contributed by atoms with E-state index in [1.54, 1.807) is 0 Å². The average Bonchev–Trinajstić information content (AvgIpc) is 2.26. The van der Waals surface area contributed by atoms with Crippen molar-refractivity contribution in [1.29, 1.82) is 0 Å².